The summed E-state index contributed by atoms with van der Waals surface area (Å²) in [7, 11) is 0. The Balaban J connectivity index is 1.14. The second kappa shape index (κ2) is 14.5. The standard InChI is InChI=1S/C35H41N5O4S/c41-31(39-34-38-30(24-45-34)26-11-5-2-6-12-26)23-40-18-14-28-27(22-40)13-7-8-15-35(16-19-44-20-17-35)33(43)37-29(32(42)36-28)21-25-9-3-1-4-10-25/h1-12,24,27-29H,13-23H2,(H,36,42)(H,37,43)(H,38,39,41)/b8-7+/t27-,28+,29-/m0/s1. The van der Waals surface area contributed by atoms with Crippen LogP contribution in [0.4, 0.5) is 5.13 Å². The Kier molecular flexibility index (Phi) is 10.0. The van der Waals surface area contributed by atoms with Crippen LogP contribution in [0.25, 0.3) is 11.3 Å². The zero-order valence-electron chi connectivity index (χ0n) is 25.5. The van der Waals surface area contributed by atoms with Gasteiger partial charge in [0.15, 0.2) is 5.13 Å². The first kappa shape index (κ1) is 31.1. The Morgan fingerprint density at radius 3 is 2.56 bits per heavy atom. The van der Waals surface area contributed by atoms with Crippen LogP contribution in [0.15, 0.2) is 78.2 Å². The molecule has 3 amide bonds. The van der Waals surface area contributed by atoms with Crippen LogP contribution in [0, 0.1) is 11.3 Å². The lowest BCUT2D eigenvalue weighted by Gasteiger charge is -2.40. The Morgan fingerprint density at radius 1 is 1.02 bits per heavy atom. The highest BCUT2D eigenvalue weighted by molar-refractivity contribution is 7.14. The smallest absolute Gasteiger partial charge is 0.243 e. The molecule has 45 heavy (non-hydrogen) atoms. The monoisotopic (exact) mass is 627 g/mol. The van der Waals surface area contributed by atoms with Gasteiger partial charge < -0.3 is 20.7 Å². The van der Waals surface area contributed by atoms with Crippen LogP contribution in [0.1, 0.15) is 37.7 Å². The van der Waals surface area contributed by atoms with Gasteiger partial charge in [0.2, 0.25) is 17.7 Å². The van der Waals surface area contributed by atoms with Crippen molar-refractivity contribution >= 4 is 34.2 Å². The number of fused-ring (bicyclic) bond motifs is 1. The number of amides is 3. The number of likely N-dealkylation sites (tertiary alicyclic amines) is 1. The number of hydrogen-bond donors (Lipinski definition) is 3. The molecule has 0 saturated carbocycles. The third kappa shape index (κ3) is 7.87. The molecule has 10 heteroatoms. The van der Waals surface area contributed by atoms with E-state index in [-0.39, 0.29) is 36.2 Å². The summed E-state index contributed by atoms with van der Waals surface area (Å²) in [6, 6.07) is 19.0. The lowest BCUT2D eigenvalue weighted by Crippen LogP contribution is -2.58. The second-order valence-electron chi connectivity index (χ2n) is 12.4. The number of hydrogen-bond acceptors (Lipinski definition) is 7. The van der Waals surface area contributed by atoms with Crippen molar-refractivity contribution in [2.45, 2.75) is 50.6 Å². The molecule has 1 spiro atoms. The zero-order valence-corrected chi connectivity index (χ0v) is 26.3. The largest absolute Gasteiger partial charge is 0.381 e. The Bertz CT molecular complexity index is 1490. The fraction of sp³-hybridized carbons (Fsp3) is 0.429. The van der Waals surface area contributed by atoms with Crippen LogP contribution >= 0.6 is 11.3 Å². The van der Waals surface area contributed by atoms with Crippen molar-refractivity contribution in [2.75, 3.05) is 38.2 Å². The molecule has 9 nitrogen and oxygen atoms in total. The average molecular weight is 628 g/mol. The molecular formula is C35H41N5O4S. The number of rotatable bonds is 6. The predicted molar refractivity (Wildman–Crippen MR) is 176 cm³/mol. The van der Waals surface area contributed by atoms with Crippen LogP contribution in [-0.2, 0) is 25.5 Å². The summed E-state index contributed by atoms with van der Waals surface area (Å²) in [5, 5.41) is 12.0. The van der Waals surface area contributed by atoms with Crippen LogP contribution in [0.5, 0.6) is 0 Å². The highest BCUT2D eigenvalue weighted by Crippen LogP contribution is 2.36. The molecular weight excluding hydrogens is 586 g/mol. The third-order valence-corrected chi connectivity index (χ3v) is 10.0. The first-order valence-electron chi connectivity index (χ1n) is 15.9. The minimum absolute atomic E-state index is 0.0551. The average Bonchev–Trinajstić information content (AvgIpc) is 3.53. The molecule has 6 rings (SSSR count). The van der Waals surface area contributed by atoms with E-state index in [1.165, 1.54) is 11.3 Å². The van der Waals surface area contributed by atoms with Gasteiger partial charge in [0.05, 0.1) is 17.7 Å². The van der Waals surface area contributed by atoms with Gasteiger partial charge in [-0.2, -0.15) is 0 Å². The molecule has 0 radical (unpaired) electrons. The van der Waals surface area contributed by atoms with E-state index in [1.54, 1.807) is 0 Å². The van der Waals surface area contributed by atoms with Crippen LogP contribution in [0.3, 0.4) is 0 Å². The molecule has 3 aliphatic rings. The lowest BCUT2D eigenvalue weighted by molar-refractivity contribution is -0.140. The van der Waals surface area contributed by atoms with E-state index in [9.17, 15) is 14.4 Å². The number of ether oxygens (including phenoxy) is 1. The molecule has 2 aromatic carbocycles. The first-order valence-corrected chi connectivity index (χ1v) is 16.8. The quantitative estimate of drug-likeness (QED) is 0.349. The second-order valence-corrected chi connectivity index (χ2v) is 13.2. The van der Waals surface area contributed by atoms with Crippen molar-refractivity contribution < 1.29 is 19.1 Å². The number of thiazole rings is 1. The molecule has 3 aliphatic heterocycles. The number of nitrogens with zero attached hydrogens (tertiary/aromatic N) is 2. The van der Waals surface area contributed by atoms with Crippen molar-refractivity contribution in [3.63, 3.8) is 0 Å². The molecule has 0 aliphatic carbocycles. The Hall–Kier alpha value is -3.86. The normalized spacial score (nSPS) is 24.8. The van der Waals surface area contributed by atoms with Gasteiger partial charge in [-0.15, -0.1) is 11.3 Å². The zero-order chi connectivity index (χ0) is 31.1. The van der Waals surface area contributed by atoms with Crippen molar-refractivity contribution in [3.8, 4) is 11.3 Å². The maximum Gasteiger partial charge on any atom is 0.243 e. The van der Waals surface area contributed by atoms with Crippen LogP contribution < -0.4 is 16.0 Å². The molecule has 3 N–H and O–H groups in total. The fourth-order valence-electron chi connectivity index (χ4n) is 6.63. The van der Waals surface area contributed by atoms with Gasteiger partial charge in [-0.3, -0.25) is 19.3 Å². The molecule has 4 heterocycles. The SMILES string of the molecule is O=C(CN1CC[C@H]2NC(=O)[C@H](Cc3ccccc3)NC(=O)C3(C/C=C/C[C@H]2C1)CCOCC3)Nc1nc(-c2ccccc2)cs1. The number of carbonyl (C=O) groups excluding carboxylic acids is 3. The molecule has 0 bridgehead atoms. The summed E-state index contributed by atoms with van der Waals surface area (Å²) in [5.74, 6) is -0.185. The molecule has 236 valence electrons. The van der Waals surface area contributed by atoms with Gasteiger partial charge in [-0.25, -0.2) is 4.98 Å². The number of aromatic nitrogens is 1. The van der Waals surface area contributed by atoms with Gasteiger partial charge in [0.25, 0.3) is 0 Å². The fourth-order valence-corrected chi connectivity index (χ4v) is 7.37. The third-order valence-electron chi connectivity index (χ3n) is 9.28. The van der Waals surface area contributed by atoms with Crippen LogP contribution in [-0.4, -0.2) is 72.5 Å². The van der Waals surface area contributed by atoms with Gasteiger partial charge in [0, 0.05) is 49.7 Å². The number of piperidine rings is 1. The van der Waals surface area contributed by atoms with Crippen molar-refractivity contribution in [2.24, 2.45) is 11.3 Å². The maximum absolute atomic E-state index is 13.8. The summed E-state index contributed by atoms with van der Waals surface area (Å²) in [6.45, 7) is 2.70. The minimum Gasteiger partial charge on any atom is -0.381 e. The number of benzene rings is 2. The van der Waals surface area contributed by atoms with E-state index in [4.69, 9.17) is 4.74 Å². The number of allylic oxidation sites excluding steroid dienone is 2. The number of carbonyl (C=O) groups is 3. The molecule has 2 fully saturated rings. The molecule has 3 atom stereocenters. The topological polar surface area (TPSA) is 113 Å². The van der Waals surface area contributed by atoms with Crippen molar-refractivity contribution in [1.29, 1.82) is 0 Å². The minimum atomic E-state index is -0.674. The van der Waals surface area contributed by atoms with E-state index in [1.807, 2.05) is 66.0 Å². The van der Waals surface area contributed by atoms with Gasteiger partial charge in [0.1, 0.15) is 6.04 Å². The van der Waals surface area contributed by atoms with Crippen LogP contribution in [0.2, 0.25) is 0 Å². The van der Waals surface area contributed by atoms with Gasteiger partial charge in [-0.05, 0) is 43.6 Å². The summed E-state index contributed by atoms with van der Waals surface area (Å²) in [6.07, 6.45) is 8.07. The van der Waals surface area contributed by atoms with Gasteiger partial charge in [-0.1, -0.05) is 72.8 Å². The van der Waals surface area contributed by atoms with E-state index in [0.29, 0.717) is 57.1 Å². The van der Waals surface area contributed by atoms with Crippen molar-refractivity contribution in [1.82, 2.24) is 20.5 Å². The van der Waals surface area contributed by atoms with E-state index in [2.05, 4.69) is 38.0 Å². The Morgan fingerprint density at radius 2 is 1.78 bits per heavy atom. The van der Waals surface area contributed by atoms with Crippen molar-refractivity contribution in [3.05, 3.63) is 83.8 Å². The highest BCUT2D eigenvalue weighted by Gasteiger charge is 2.41. The molecule has 2 saturated heterocycles. The number of nitrogens with one attached hydrogen (secondary N) is 3. The van der Waals surface area contributed by atoms with E-state index in [0.717, 1.165) is 29.7 Å². The maximum atomic E-state index is 13.8. The van der Waals surface area contributed by atoms with E-state index >= 15 is 0 Å². The number of anilines is 1. The summed E-state index contributed by atoms with van der Waals surface area (Å²) in [4.78, 5) is 47.4. The summed E-state index contributed by atoms with van der Waals surface area (Å²) < 4.78 is 5.61. The molecule has 3 aromatic rings. The van der Waals surface area contributed by atoms with E-state index < -0.39 is 11.5 Å². The summed E-state index contributed by atoms with van der Waals surface area (Å²) in [5.41, 5.74) is 2.27. The predicted octanol–water partition coefficient (Wildman–Crippen LogP) is 4.43. The van der Waals surface area contributed by atoms with Gasteiger partial charge >= 0.3 is 0 Å². The lowest BCUT2D eigenvalue weighted by atomic mass is 9.75. The summed E-state index contributed by atoms with van der Waals surface area (Å²) >= 11 is 1.42. The first-order chi connectivity index (χ1) is 22.0. The highest BCUT2D eigenvalue weighted by atomic mass is 32.1. The molecule has 0 unspecified atom stereocenters. The molecule has 1 aromatic heterocycles. The Labute approximate surface area is 268 Å².